The molecule has 3 nitrogen and oxygen atoms in total. The molecule has 1 fully saturated rings. The van der Waals surface area contributed by atoms with Gasteiger partial charge in [-0.05, 0) is 64.7 Å². The Morgan fingerprint density at radius 1 is 1.14 bits per heavy atom. The van der Waals surface area contributed by atoms with Gasteiger partial charge in [0.1, 0.15) is 0 Å². The van der Waals surface area contributed by atoms with Crippen molar-refractivity contribution >= 4 is 5.97 Å². The molecule has 1 N–H and O–H groups in total. The van der Waals surface area contributed by atoms with Crippen LogP contribution in [0.25, 0.3) is 0 Å². The van der Waals surface area contributed by atoms with Gasteiger partial charge in [-0.25, -0.2) is 4.79 Å². The van der Waals surface area contributed by atoms with Gasteiger partial charge in [-0.2, -0.15) is 0 Å². The predicted octanol–water partition coefficient (Wildman–Crippen LogP) is 5.77. The minimum absolute atomic E-state index is 0.0166. The van der Waals surface area contributed by atoms with Crippen molar-refractivity contribution < 1.29 is 14.6 Å². The Kier molecular flexibility index (Phi) is 5.59. The molecule has 2 aliphatic rings. The Hall–Kier alpha value is -1.87. The zero-order valence-electron chi connectivity index (χ0n) is 19.0. The second kappa shape index (κ2) is 7.43. The molecule has 2 aliphatic carbocycles. The van der Waals surface area contributed by atoms with Crippen LogP contribution in [-0.4, -0.2) is 24.8 Å². The van der Waals surface area contributed by atoms with Crippen LogP contribution in [0.5, 0.6) is 0 Å². The molecule has 0 saturated heterocycles. The van der Waals surface area contributed by atoms with Crippen LogP contribution >= 0.6 is 0 Å². The molecule has 3 heteroatoms. The first kappa shape index (κ1) is 21.8. The van der Waals surface area contributed by atoms with Gasteiger partial charge in [-0.3, -0.25) is 0 Å². The molecule has 0 bridgehead atoms. The number of allylic oxidation sites excluding steroid dienone is 3. The maximum atomic E-state index is 10.9. The summed E-state index contributed by atoms with van der Waals surface area (Å²) in [7, 11) is 1.76. The van der Waals surface area contributed by atoms with E-state index in [1.807, 2.05) is 13.0 Å². The van der Waals surface area contributed by atoms with Crippen molar-refractivity contribution in [2.75, 3.05) is 13.7 Å². The normalized spacial score (nSPS) is 30.2. The molecule has 1 aromatic rings. The van der Waals surface area contributed by atoms with Crippen molar-refractivity contribution in [2.24, 2.45) is 11.8 Å². The Balaban J connectivity index is 1.98. The van der Waals surface area contributed by atoms with Crippen molar-refractivity contribution in [3.63, 3.8) is 0 Å². The van der Waals surface area contributed by atoms with E-state index in [1.165, 1.54) is 35.6 Å². The van der Waals surface area contributed by atoms with Crippen LogP contribution in [0.2, 0.25) is 0 Å². The lowest BCUT2D eigenvalue weighted by atomic mass is 9.62. The van der Waals surface area contributed by atoms with Crippen molar-refractivity contribution in [1.82, 2.24) is 0 Å². The Morgan fingerprint density at radius 3 is 2.34 bits per heavy atom. The Bertz CT molecular complexity index is 859. The van der Waals surface area contributed by atoms with Gasteiger partial charge in [0.15, 0.2) is 0 Å². The summed E-state index contributed by atoms with van der Waals surface area (Å²) in [5.74, 6) is -0.157. The fourth-order valence-electron chi connectivity index (χ4n) is 5.26. The lowest BCUT2D eigenvalue weighted by molar-refractivity contribution is -0.131. The minimum atomic E-state index is -0.904. The highest BCUT2D eigenvalue weighted by Gasteiger charge is 2.60. The molecule has 1 aromatic carbocycles. The fraction of sp³-hybridized carbons (Fsp3) is 0.577. The average molecular weight is 397 g/mol. The smallest absolute Gasteiger partial charge is 0.328 e. The first-order chi connectivity index (χ1) is 13.4. The summed E-state index contributed by atoms with van der Waals surface area (Å²) in [6.45, 7) is 14.3. The van der Waals surface area contributed by atoms with E-state index < -0.39 is 5.97 Å². The van der Waals surface area contributed by atoms with Gasteiger partial charge in [0.2, 0.25) is 0 Å². The summed E-state index contributed by atoms with van der Waals surface area (Å²) >= 11 is 0. The number of hydrogen-bond donors (Lipinski definition) is 1. The third-order valence-electron chi connectivity index (χ3n) is 7.53. The molecule has 3 rings (SSSR count). The number of aliphatic carboxylic acids is 1. The molecular formula is C26H36O3. The van der Waals surface area contributed by atoms with Crippen LogP contribution in [0.3, 0.4) is 0 Å². The highest BCUT2D eigenvalue weighted by atomic mass is 16.5. The molecule has 0 aliphatic heterocycles. The SMILES string of the molecule is COC[C@H]1[C@H](C=CC(C)=CC(=O)O)[C@@]1(C)c1ccc2c(c1)C(C)(C)CCC2(C)C. The molecule has 3 atom stereocenters. The monoisotopic (exact) mass is 396 g/mol. The molecule has 0 amide bonds. The van der Waals surface area contributed by atoms with Gasteiger partial charge in [-0.15, -0.1) is 0 Å². The van der Waals surface area contributed by atoms with Crippen molar-refractivity contribution in [1.29, 1.82) is 0 Å². The van der Waals surface area contributed by atoms with E-state index in [0.717, 1.165) is 5.57 Å². The minimum Gasteiger partial charge on any atom is -0.478 e. The topological polar surface area (TPSA) is 46.5 Å². The molecule has 0 radical (unpaired) electrons. The largest absolute Gasteiger partial charge is 0.478 e. The van der Waals surface area contributed by atoms with Crippen molar-refractivity contribution in [3.05, 3.63) is 58.7 Å². The van der Waals surface area contributed by atoms with Crippen molar-refractivity contribution in [3.8, 4) is 0 Å². The summed E-state index contributed by atoms with van der Waals surface area (Å²) in [6.07, 6.45) is 7.80. The average Bonchev–Trinajstić information content (AvgIpc) is 3.21. The summed E-state index contributed by atoms with van der Waals surface area (Å²) in [5, 5.41) is 8.96. The van der Waals surface area contributed by atoms with Crippen LogP contribution in [0.1, 0.15) is 71.1 Å². The van der Waals surface area contributed by atoms with Crippen LogP contribution in [-0.2, 0) is 25.8 Å². The highest BCUT2D eigenvalue weighted by molar-refractivity contribution is 5.81. The Morgan fingerprint density at radius 2 is 1.76 bits per heavy atom. The van der Waals surface area contributed by atoms with Crippen LogP contribution in [0, 0.1) is 11.8 Å². The lowest BCUT2D eigenvalue weighted by Crippen LogP contribution is -2.34. The van der Waals surface area contributed by atoms with E-state index in [4.69, 9.17) is 9.84 Å². The number of hydrogen-bond acceptors (Lipinski definition) is 2. The number of carbonyl (C=O) groups is 1. The third-order valence-corrected chi connectivity index (χ3v) is 7.53. The van der Waals surface area contributed by atoms with Crippen LogP contribution in [0.4, 0.5) is 0 Å². The molecule has 0 aromatic heterocycles. The van der Waals surface area contributed by atoms with Gasteiger partial charge in [0.25, 0.3) is 0 Å². The number of rotatable bonds is 6. The third kappa shape index (κ3) is 3.94. The molecule has 0 unspecified atom stereocenters. The first-order valence-corrected chi connectivity index (χ1v) is 10.7. The molecule has 0 spiro atoms. The van der Waals surface area contributed by atoms with Gasteiger partial charge < -0.3 is 9.84 Å². The standard InChI is InChI=1S/C26H36O3/c1-17(14-23(27)28)8-10-20-22(16-29-7)26(20,6)18-9-11-19-21(15-18)25(4,5)13-12-24(19,2)3/h8-11,14-15,20,22H,12-13,16H2,1-7H3,(H,27,28)/t20-,22-,26+/m0/s1. The van der Waals surface area contributed by atoms with E-state index >= 15 is 0 Å². The number of carboxylic acids is 1. The molecule has 1 saturated carbocycles. The van der Waals surface area contributed by atoms with Gasteiger partial charge in [-0.1, -0.05) is 65.0 Å². The first-order valence-electron chi connectivity index (χ1n) is 10.7. The van der Waals surface area contributed by atoms with E-state index in [1.54, 1.807) is 7.11 Å². The molecular weight excluding hydrogens is 360 g/mol. The molecule has 0 heterocycles. The quantitative estimate of drug-likeness (QED) is 0.490. The highest BCUT2D eigenvalue weighted by Crippen LogP contribution is 2.61. The van der Waals surface area contributed by atoms with E-state index in [-0.39, 0.29) is 16.2 Å². The summed E-state index contributed by atoms with van der Waals surface area (Å²) in [4.78, 5) is 10.9. The van der Waals surface area contributed by atoms with Crippen molar-refractivity contribution in [2.45, 2.75) is 70.6 Å². The maximum absolute atomic E-state index is 10.9. The zero-order valence-corrected chi connectivity index (χ0v) is 19.0. The lowest BCUT2D eigenvalue weighted by Gasteiger charge is -2.42. The van der Waals surface area contributed by atoms with E-state index in [2.05, 4.69) is 58.9 Å². The number of carboxylic acid groups (broad SMARTS) is 1. The summed E-state index contributed by atoms with van der Waals surface area (Å²) in [5.41, 5.74) is 5.53. The number of benzene rings is 1. The Labute approximate surface area is 175 Å². The number of ether oxygens (including phenoxy) is 1. The second-order valence-corrected chi connectivity index (χ2v) is 10.5. The fourth-order valence-corrected chi connectivity index (χ4v) is 5.26. The van der Waals surface area contributed by atoms with Gasteiger partial charge >= 0.3 is 5.97 Å². The maximum Gasteiger partial charge on any atom is 0.328 e. The van der Waals surface area contributed by atoms with Crippen LogP contribution < -0.4 is 0 Å². The summed E-state index contributed by atoms with van der Waals surface area (Å²) < 4.78 is 5.53. The zero-order chi connectivity index (χ0) is 21.6. The molecule has 29 heavy (non-hydrogen) atoms. The van der Waals surface area contributed by atoms with E-state index in [9.17, 15) is 4.79 Å². The predicted molar refractivity (Wildman–Crippen MR) is 118 cm³/mol. The number of fused-ring (bicyclic) bond motifs is 1. The van der Waals surface area contributed by atoms with E-state index in [0.29, 0.717) is 18.4 Å². The number of methoxy groups -OCH3 is 1. The van der Waals surface area contributed by atoms with Crippen LogP contribution in [0.15, 0.2) is 42.0 Å². The molecule has 158 valence electrons. The van der Waals surface area contributed by atoms with Gasteiger partial charge in [0, 0.05) is 18.6 Å². The van der Waals surface area contributed by atoms with Gasteiger partial charge in [0.05, 0.1) is 6.61 Å². The second-order valence-electron chi connectivity index (χ2n) is 10.5. The summed E-state index contributed by atoms with van der Waals surface area (Å²) in [6, 6.07) is 7.13.